The molecule has 0 bridgehead atoms. The molecule has 0 saturated heterocycles. The Morgan fingerprint density at radius 1 is 0.971 bits per heavy atom. The van der Waals surface area contributed by atoms with E-state index in [-0.39, 0.29) is 5.04 Å². The van der Waals surface area contributed by atoms with E-state index in [0.717, 1.165) is 18.2 Å². The minimum atomic E-state index is -2.71. The van der Waals surface area contributed by atoms with Crippen molar-refractivity contribution < 1.29 is 18.5 Å². The third kappa shape index (κ3) is 6.48. The Bertz CT molecular complexity index is 1070. The number of carbonyl (C=O) groups excluding carboxylic acids is 1. The average Bonchev–Trinajstić information content (AvgIpc) is 3.11. The van der Waals surface area contributed by atoms with Crippen molar-refractivity contribution in [2.75, 3.05) is 6.61 Å². The molecule has 0 saturated carbocycles. The fourth-order valence-electron chi connectivity index (χ4n) is 4.37. The van der Waals surface area contributed by atoms with Crippen LogP contribution in [0.4, 0.5) is 0 Å². The Hall–Kier alpha value is -1.85. The zero-order chi connectivity index (χ0) is 25.7. The summed E-state index contributed by atoms with van der Waals surface area (Å²) >= 11 is 3.52. The molecule has 0 unspecified atom stereocenters. The van der Waals surface area contributed by atoms with Gasteiger partial charge in [0.25, 0.3) is 14.1 Å². The Labute approximate surface area is 220 Å². The van der Waals surface area contributed by atoms with Crippen molar-refractivity contribution in [1.29, 1.82) is 0 Å². The lowest BCUT2D eigenvalue weighted by molar-refractivity contribution is -0.740. The van der Waals surface area contributed by atoms with E-state index in [1.165, 1.54) is 10.4 Å². The van der Waals surface area contributed by atoms with Crippen LogP contribution in [0.2, 0.25) is 30.7 Å². The standard InChI is InChI=1S/C27H37BrN2O3Si2/c1-27(2,3)35(22-13-9-7-10-14-22,23-15-11-8-12-16-23)33-20-25-29-26(28)24(19-31)30(25)21-32-17-18-34(4,5)6/h7-16,19H,17-18,20-21H2,1-6H3/p+1. The zero-order valence-electron chi connectivity index (χ0n) is 21.7. The fourth-order valence-corrected chi connectivity index (χ4v) is 10.2. The molecule has 3 rings (SSSR count). The molecule has 0 aliphatic rings. The molecule has 0 atom stereocenters. The van der Waals surface area contributed by atoms with Crippen LogP contribution in [0.25, 0.3) is 0 Å². The van der Waals surface area contributed by atoms with Gasteiger partial charge in [0.2, 0.25) is 10.3 Å². The third-order valence-electron chi connectivity index (χ3n) is 6.27. The topological polar surface area (TPSA) is 55.2 Å². The lowest BCUT2D eigenvalue weighted by Crippen LogP contribution is -2.66. The Kier molecular flexibility index (Phi) is 9.09. The van der Waals surface area contributed by atoms with Crippen LogP contribution in [0.5, 0.6) is 0 Å². The van der Waals surface area contributed by atoms with Crippen molar-refractivity contribution in [2.45, 2.75) is 64.8 Å². The van der Waals surface area contributed by atoms with Gasteiger partial charge >= 0.3 is 0 Å². The molecule has 0 spiro atoms. The first-order valence-electron chi connectivity index (χ1n) is 12.1. The lowest BCUT2D eigenvalue weighted by Gasteiger charge is -2.42. The van der Waals surface area contributed by atoms with Gasteiger partial charge in [-0.2, -0.15) is 4.57 Å². The predicted octanol–water partition coefficient (Wildman–Crippen LogP) is 5.27. The largest absolute Gasteiger partial charge is 0.395 e. The van der Waals surface area contributed by atoms with Gasteiger partial charge in [0.1, 0.15) is 6.61 Å². The van der Waals surface area contributed by atoms with Gasteiger partial charge in [0, 0.05) is 30.6 Å². The van der Waals surface area contributed by atoms with Crippen LogP contribution in [-0.2, 0) is 22.5 Å². The van der Waals surface area contributed by atoms with Gasteiger partial charge in [-0.3, -0.25) is 4.79 Å². The molecule has 1 heterocycles. The van der Waals surface area contributed by atoms with Crippen molar-refractivity contribution in [3.8, 4) is 0 Å². The van der Waals surface area contributed by atoms with Gasteiger partial charge in [-0.1, -0.05) is 101 Å². The maximum absolute atomic E-state index is 11.9. The Balaban J connectivity index is 1.98. The van der Waals surface area contributed by atoms with Gasteiger partial charge in [-0.15, -0.1) is 0 Å². The fraction of sp³-hybridized carbons (Fsp3) is 0.407. The summed E-state index contributed by atoms with van der Waals surface area (Å²) in [4.78, 5) is 15.2. The van der Waals surface area contributed by atoms with Gasteiger partial charge in [-0.05, 0) is 21.5 Å². The molecule has 2 aromatic carbocycles. The summed E-state index contributed by atoms with van der Waals surface area (Å²) in [6.45, 7) is 15.1. The monoisotopic (exact) mass is 573 g/mol. The van der Waals surface area contributed by atoms with E-state index in [4.69, 9.17) is 9.16 Å². The highest BCUT2D eigenvalue weighted by Crippen LogP contribution is 2.37. The van der Waals surface area contributed by atoms with E-state index in [1.807, 2.05) is 16.7 Å². The highest BCUT2D eigenvalue weighted by molar-refractivity contribution is 9.10. The number of hydrogen-bond donors (Lipinski definition) is 1. The van der Waals surface area contributed by atoms with Crippen LogP contribution < -0.4 is 14.9 Å². The summed E-state index contributed by atoms with van der Waals surface area (Å²) in [6, 6.07) is 22.2. The second kappa shape index (κ2) is 11.5. The molecule has 0 fully saturated rings. The summed E-state index contributed by atoms with van der Waals surface area (Å²) in [7, 11) is -3.91. The van der Waals surface area contributed by atoms with Crippen molar-refractivity contribution in [3.63, 3.8) is 0 Å². The number of nitrogens with one attached hydrogen (secondary N) is 1. The van der Waals surface area contributed by atoms with Gasteiger partial charge < -0.3 is 9.16 Å². The number of benzene rings is 2. The van der Waals surface area contributed by atoms with Crippen LogP contribution in [0.1, 0.15) is 37.1 Å². The summed E-state index contributed by atoms with van der Waals surface area (Å²) in [5, 5.41) is 2.31. The van der Waals surface area contributed by atoms with Crippen LogP contribution >= 0.6 is 15.9 Å². The smallest absolute Gasteiger partial charge is 0.282 e. The van der Waals surface area contributed by atoms with Crippen LogP contribution in [0.3, 0.4) is 0 Å². The number of aldehydes is 1. The maximum atomic E-state index is 11.9. The number of nitrogens with zero attached hydrogens (tertiary/aromatic N) is 1. The minimum Gasteiger partial charge on any atom is -0.395 e. The molecule has 0 aliphatic heterocycles. The number of imidazole rings is 1. The van der Waals surface area contributed by atoms with E-state index >= 15 is 0 Å². The molecular formula is C27H38BrN2O3Si2+. The van der Waals surface area contributed by atoms with Crippen LogP contribution in [0.15, 0.2) is 65.3 Å². The molecule has 1 N–H and O–H groups in total. The first-order valence-corrected chi connectivity index (χ1v) is 18.5. The second-order valence-electron chi connectivity index (χ2n) is 11.1. The predicted molar refractivity (Wildman–Crippen MR) is 151 cm³/mol. The summed E-state index contributed by atoms with van der Waals surface area (Å²) in [6.07, 6.45) is 0.856. The van der Waals surface area contributed by atoms with Gasteiger partial charge in [0.05, 0.1) is 0 Å². The Morgan fingerprint density at radius 2 is 1.51 bits per heavy atom. The quantitative estimate of drug-likeness (QED) is 0.147. The van der Waals surface area contributed by atoms with Crippen molar-refractivity contribution in [3.05, 3.63) is 76.8 Å². The van der Waals surface area contributed by atoms with E-state index in [2.05, 4.69) is 110 Å². The molecule has 0 amide bonds. The van der Waals surface area contributed by atoms with Crippen molar-refractivity contribution in [2.24, 2.45) is 0 Å². The molecule has 3 aromatic rings. The van der Waals surface area contributed by atoms with E-state index in [9.17, 15) is 4.79 Å². The van der Waals surface area contributed by atoms with Crippen LogP contribution in [-0.4, -0.2) is 34.3 Å². The number of ether oxygens (including phenoxy) is 1. The summed E-state index contributed by atoms with van der Waals surface area (Å²) in [5.41, 5.74) is 0.527. The first-order chi connectivity index (χ1) is 16.5. The lowest BCUT2D eigenvalue weighted by atomic mass is 10.2. The van der Waals surface area contributed by atoms with E-state index < -0.39 is 16.4 Å². The number of aromatic amines is 1. The SMILES string of the molecule is CC(C)(C)[Si](OCc1[nH]c(Br)c(C=O)[n+]1COCC[Si](C)(C)C)(c1ccccc1)c1ccccc1. The molecule has 0 aliphatic carbocycles. The normalized spacial score (nSPS) is 12.7. The number of carbonyl (C=O) groups is 1. The Morgan fingerprint density at radius 3 is 1.97 bits per heavy atom. The number of hydrogen-bond acceptors (Lipinski definition) is 3. The van der Waals surface area contributed by atoms with Gasteiger partial charge in [-0.25, -0.2) is 4.98 Å². The van der Waals surface area contributed by atoms with Crippen molar-refractivity contribution >= 4 is 49.0 Å². The number of halogens is 1. The summed E-state index contributed by atoms with van der Waals surface area (Å²) in [5.74, 6) is 0.806. The van der Waals surface area contributed by atoms with E-state index in [0.29, 0.717) is 30.2 Å². The number of H-pyrrole nitrogens is 1. The second-order valence-corrected chi connectivity index (χ2v) is 21.8. The van der Waals surface area contributed by atoms with Gasteiger partial charge in [0.15, 0.2) is 13.0 Å². The molecule has 0 radical (unpaired) electrons. The summed E-state index contributed by atoms with van der Waals surface area (Å²) < 4.78 is 15.6. The number of rotatable bonds is 11. The molecular weight excluding hydrogens is 536 g/mol. The highest BCUT2D eigenvalue weighted by Gasteiger charge is 2.50. The minimum absolute atomic E-state index is 0.133. The first kappa shape index (κ1) is 27.7. The zero-order valence-corrected chi connectivity index (χ0v) is 25.3. The maximum Gasteiger partial charge on any atom is 0.282 e. The highest BCUT2D eigenvalue weighted by atomic mass is 79.9. The van der Waals surface area contributed by atoms with Crippen LogP contribution in [0, 0.1) is 0 Å². The molecule has 8 heteroatoms. The average molecular weight is 575 g/mol. The van der Waals surface area contributed by atoms with Crippen molar-refractivity contribution in [1.82, 2.24) is 4.98 Å². The number of aromatic nitrogens is 2. The molecule has 1 aromatic heterocycles. The molecule has 35 heavy (non-hydrogen) atoms. The van der Waals surface area contributed by atoms with E-state index in [1.54, 1.807) is 0 Å². The molecule has 188 valence electrons. The third-order valence-corrected chi connectivity index (χ3v) is 13.6. The molecule has 5 nitrogen and oxygen atoms in total.